The van der Waals surface area contributed by atoms with Gasteiger partial charge in [0.2, 0.25) is 0 Å². The Morgan fingerprint density at radius 3 is 2.39 bits per heavy atom. The molecule has 0 atom stereocenters. The van der Waals surface area contributed by atoms with Gasteiger partial charge in [-0.3, -0.25) is 9.88 Å². The summed E-state index contributed by atoms with van der Waals surface area (Å²) in [7, 11) is 1.85. The predicted molar refractivity (Wildman–Crippen MR) is 113 cm³/mol. The van der Waals surface area contributed by atoms with Crippen LogP contribution < -0.4 is 15.1 Å². The molecule has 3 heterocycles. The standard InChI is InChI=1S/C22H29N5O/c1-25-16-17-27(22(25)28)21-7-5-20(6-8-21)26-14-10-19(11-15-26)24-13-9-18-4-2-3-12-23-18/h2-8,12,19,24H,9-11,13-17H2,1H3. The summed E-state index contributed by atoms with van der Waals surface area (Å²) in [5.41, 5.74) is 3.38. The first-order valence-corrected chi connectivity index (χ1v) is 10.2. The Balaban J connectivity index is 1.24. The van der Waals surface area contributed by atoms with E-state index in [9.17, 15) is 4.79 Å². The molecule has 2 saturated heterocycles. The fourth-order valence-corrected chi connectivity index (χ4v) is 4.02. The van der Waals surface area contributed by atoms with E-state index in [4.69, 9.17) is 0 Å². The van der Waals surface area contributed by atoms with Crippen LogP contribution in [0.4, 0.5) is 16.2 Å². The Morgan fingerprint density at radius 1 is 1.00 bits per heavy atom. The van der Waals surface area contributed by atoms with Crippen LogP contribution in [0.15, 0.2) is 48.7 Å². The number of carbonyl (C=O) groups is 1. The topological polar surface area (TPSA) is 51.7 Å². The van der Waals surface area contributed by atoms with Gasteiger partial charge in [0.25, 0.3) is 0 Å². The largest absolute Gasteiger partial charge is 0.371 e. The number of urea groups is 1. The highest BCUT2D eigenvalue weighted by Crippen LogP contribution is 2.25. The maximum atomic E-state index is 12.1. The second kappa shape index (κ2) is 8.61. The van der Waals surface area contributed by atoms with Crippen LogP contribution in [0.2, 0.25) is 0 Å². The number of nitrogens with one attached hydrogen (secondary N) is 1. The second-order valence-corrected chi connectivity index (χ2v) is 7.66. The molecule has 1 N–H and O–H groups in total. The number of carbonyl (C=O) groups excluding carboxylic acids is 1. The van der Waals surface area contributed by atoms with Crippen LogP contribution in [0.5, 0.6) is 0 Å². The highest BCUT2D eigenvalue weighted by Gasteiger charge is 2.26. The maximum absolute atomic E-state index is 12.1. The molecule has 6 nitrogen and oxygen atoms in total. The van der Waals surface area contributed by atoms with E-state index in [1.54, 1.807) is 4.90 Å². The zero-order chi connectivity index (χ0) is 19.3. The maximum Gasteiger partial charge on any atom is 0.324 e. The fourth-order valence-electron chi connectivity index (χ4n) is 4.02. The van der Waals surface area contributed by atoms with Crippen LogP contribution in [-0.2, 0) is 6.42 Å². The Labute approximate surface area is 167 Å². The van der Waals surface area contributed by atoms with Gasteiger partial charge in [0, 0.05) is 75.5 Å². The number of pyridine rings is 1. The quantitative estimate of drug-likeness (QED) is 0.839. The number of benzene rings is 1. The number of hydrogen-bond acceptors (Lipinski definition) is 4. The van der Waals surface area contributed by atoms with Gasteiger partial charge in [-0.15, -0.1) is 0 Å². The normalized spacial score (nSPS) is 18.2. The average molecular weight is 380 g/mol. The minimum absolute atomic E-state index is 0.0883. The molecular formula is C22H29N5O. The van der Waals surface area contributed by atoms with Crippen molar-refractivity contribution in [1.82, 2.24) is 15.2 Å². The van der Waals surface area contributed by atoms with Crippen molar-refractivity contribution >= 4 is 17.4 Å². The molecule has 2 aliphatic rings. The lowest BCUT2D eigenvalue weighted by molar-refractivity contribution is 0.229. The molecule has 0 spiro atoms. The lowest BCUT2D eigenvalue weighted by Gasteiger charge is -2.34. The van der Waals surface area contributed by atoms with E-state index in [0.717, 1.165) is 63.4 Å². The number of nitrogens with zero attached hydrogens (tertiary/aromatic N) is 4. The first-order chi connectivity index (χ1) is 13.7. The van der Waals surface area contributed by atoms with E-state index < -0.39 is 0 Å². The highest BCUT2D eigenvalue weighted by atomic mass is 16.2. The van der Waals surface area contributed by atoms with Crippen molar-refractivity contribution in [2.45, 2.75) is 25.3 Å². The summed E-state index contributed by atoms with van der Waals surface area (Å²) in [6.07, 6.45) is 5.14. The Hall–Kier alpha value is -2.60. The molecule has 0 saturated carbocycles. The molecule has 0 radical (unpaired) electrons. The van der Waals surface area contributed by atoms with E-state index in [1.807, 2.05) is 30.3 Å². The van der Waals surface area contributed by atoms with Crippen molar-refractivity contribution in [3.63, 3.8) is 0 Å². The lowest BCUT2D eigenvalue weighted by atomic mass is 10.0. The highest BCUT2D eigenvalue weighted by molar-refractivity contribution is 5.94. The number of aromatic nitrogens is 1. The Bertz CT molecular complexity index is 771. The van der Waals surface area contributed by atoms with E-state index >= 15 is 0 Å². The summed E-state index contributed by atoms with van der Waals surface area (Å²) in [5.74, 6) is 0. The first-order valence-electron chi connectivity index (χ1n) is 10.2. The number of anilines is 2. The average Bonchev–Trinajstić information content (AvgIpc) is 3.08. The second-order valence-electron chi connectivity index (χ2n) is 7.66. The van der Waals surface area contributed by atoms with Crippen LogP contribution >= 0.6 is 0 Å². The van der Waals surface area contributed by atoms with Gasteiger partial charge >= 0.3 is 6.03 Å². The summed E-state index contributed by atoms with van der Waals surface area (Å²) in [5, 5.41) is 3.68. The van der Waals surface area contributed by atoms with Crippen LogP contribution in [0.1, 0.15) is 18.5 Å². The smallest absolute Gasteiger partial charge is 0.324 e. The third-order valence-electron chi connectivity index (χ3n) is 5.78. The zero-order valence-corrected chi connectivity index (χ0v) is 16.6. The number of amides is 2. The number of rotatable bonds is 6. The summed E-state index contributed by atoms with van der Waals surface area (Å²) in [4.78, 5) is 22.6. The third-order valence-corrected chi connectivity index (χ3v) is 5.78. The van der Waals surface area contributed by atoms with Crippen LogP contribution in [0.3, 0.4) is 0 Å². The van der Waals surface area contributed by atoms with Gasteiger partial charge in [-0.1, -0.05) is 6.07 Å². The fraction of sp³-hybridized carbons (Fsp3) is 0.455. The molecule has 1 aromatic heterocycles. The van der Waals surface area contributed by atoms with Crippen LogP contribution in [0, 0.1) is 0 Å². The monoisotopic (exact) mass is 379 g/mol. The summed E-state index contributed by atoms with van der Waals surface area (Å²) < 4.78 is 0. The minimum Gasteiger partial charge on any atom is -0.371 e. The molecule has 2 aliphatic heterocycles. The van der Waals surface area contributed by atoms with Gasteiger partial charge in [-0.05, 0) is 49.2 Å². The SMILES string of the molecule is CN1CCN(c2ccc(N3CCC(NCCc4ccccn4)CC3)cc2)C1=O. The predicted octanol–water partition coefficient (Wildman–Crippen LogP) is 2.75. The van der Waals surface area contributed by atoms with E-state index in [0.29, 0.717) is 6.04 Å². The molecule has 2 aromatic rings. The number of likely N-dealkylation sites (N-methyl/N-ethyl adjacent to an activating group) is 1. The van der Waals surface area contributed by atoms with Crippen molar-refractivity contribution in [1.29, 1.82) is 0 Å². The van der Waals surface area contributed by atoms with Crippen LogP contribution in [0.25, 0.3) is 0 Å². The zero-order valence-electron chi connectivity index (χ0n) is 16.6. The summed E-state index contributed by atoms with van der Waals surface area (Å²) >= 11 is 0. The summed E-state index contributed by atoms with van der Waals surface area (Å²) in [6.45, 7) is 4.67. The minimum atomic E-state index is 0.0883. The molecule has 28 heavy (non-hydrogen) atoms. The van der Waals surface area contributed by atoms with Crippen molar-refractivity contribution in [2.24, 2.45) is 0 Å². The van der Waals surface area contributed by atoms with Gasteiger partial charge < -0.3 is 15.1 Å². The molecule has 2 fully saturated rings. The molecule has 4 rings (SSSR count). The molecule has 2 amide bonds. The van der Waals surface area contributed by atoms with Crippen molar-refractivity contribution < 1.29 is 4.79 Å². The van der Waals surface area contributed by atoms with Crippen molar-refractivity contribution in [2.75, 3.05) is 49.6 Å². The molecule has 1 aromatic carbocycles. The summed E-state index contributed by atoms with van der Waals surface area (Å²) in [6, 6.07) is 15.2. The number of hydrogen-bond donors (Lipinski definition) is 1. The van der Waals surface area contributed by atoms with Crippen LogP contribution in [-0.4, -0.2) is 61.7 Å². The molecule has 0 bridgehead atoms. The third kappa shape index (κ3) is 4.28. The molecule has 6 heteroatoms. The Morgan fingerprint density at radius 2 is 1.75 bits per heavy atom. The van der Waals surface area contributed by atoms with Gasteiger partial charge in [-0.2, -0.15) is 0 Å². The number of piperidine rings is 1. The van der Waals surface area contributed by atoms with E-state index in [-0.39, 0.29) is 6.03 Å². The molecule has 148 valence electrons. The molecular weight excluding hydrogens is 350 g/mol. The first kappa shape index (κ1) is 18.7. The lowest BCUT2D eigenvalue weighted by Crippen LogP contribution is -2.43. The van der Waals surface area contributed by atoms with E-state index in [1.165, 1.54) is 5.69 Å². The molecule has 0 unspecified atom stereocenters. The van der Waals surface area contributed by atoms with Gasteiger partial charge in [0.1, 0.15) is 0 Å². The Kier molecular flexibility index (Phi) is 5.76. The van der Waals surface area contributed by atoms with Gasteiger partial charge in [-0.25, -0.2) is 4.79 Å². The van der Waals surface area contributed by atoms with Gasteiger partial charge in [0.15, 0.2) is 0 Å². The van der Waals surface area contributed by atoms with Crippen molar-refractivity contribution in [3.05, 3.63) is 54.4 Å². The van der Waals surface area contributed by atoms with Gasteiger partial charge in [0.05, 0.1) is 0 Å². The van der Waals surface area contributed by atoms with E-state index in [2.05, 4.69) is 45.5 Å². The van der Waals surface area contributed by atoms with Crippen molar-refractivity contribution in [3.8, 4) is 0 Å². The molecule has 0 aliphatic carbocycles.